The highest BCUT2D eigenvalue weighted by Crippen LogP contribution is 2.36. The lowest BCUT2D eigenvalue weighted by Crippen LogP contribution is -2.22. The molecule has 0 bridgehead atoms. The second kappa shape index (κ2) is 4.13. The zero-order valence-electron chi connectivity index (χ0n) is 10.4. The van der Waals surface area contributed by atoms with Crippen LogP contribution in [0.4, 0.5) is 0 Å². The normalized spacial score (nSPS) is 12.2. The Kier molecular flexibility index (Phi) is 2.98. The van der Waals surface area contributed by atoms with E-state index in [-0.39, 0.29) is 5.41 Å². The van der Waals surface area contributed by atoms with Crippen molar-refractivity contribution in [2.24, 2.45) is 0 Å². The molecule has 0 amide bonds. The zero-order chi connectivity index (χ0) is 11.8. The molecule has 0 atom stereocenters. The first-order valence-corrected chi connectivity index (χ1v) is 6.71. The van der Waals surface area contributed by atoms with E-state index in [1.54, 1.807) is 11.3 Å². The number of hydrogen-bond acceptors (Lipinski definition) is 3. The third-order valence-corrected chi connectivity index (χ3v) is 4.62. The van der Waals surface area contributed by atoms with Crippen LogP contribution in [0.3, 0.4) is 0 Å². The van der Waals surface area contributed by atoms with Crippen LogP contribution in [0.1, 0.15) is 45.0 Å². The van der Waals surface area contributed by atoms with Gasteiger partial charge in [-0.1, -0.05) is 20.8 Å². The Labute approximate surface area is 101 Å². The van der Waals surface area contributed by atoms with Crippen molar-refractivity contribution in [1.82, 2.24) is 10.2 Å². The van der Waals surface area contributed by atoms with Crippen LogP contribution in [0.2, 0.25) is 0 Å². The Morgan fingerprint density at radius 3 is 2.56 bits per heavy atom. The van der Waals surface area contributed by atoms with Crippen molar-refractivity contribution in [2.45, 2.75) is 46.0 Å². The topological polar surface area (TPSA) is 25.8 Å². The van der Waals surface area contributed by atoms with Gasteiger partial charge in [-0.15, -0.1) is 11.3 Å². The van der Waals surface area contributed by atoms with E-state index in [4.69, 9.17) is 0 Å². The van der Waals surface area contributed by atoms with E-state index in [9.17, 15) is 0 Å². The Hall–Kier alpha value is -0.960. The van der Waals surface area contributed by atoms with Crippen molar-refractivity contribution >= 4 is 21.4 Å². The summed E-state index contributed by atoms with van der Waals surface area (Å²) in [5, 5.41) is 12.2. The lowest BCUT2D eigenvalue weighted by atomic mass is 9.81. The first-order chi connectivity index (χ1) is 7.62. The molecule has 2 rings (SSSR count). The molecule has 0 saturated carbocycles. The van der Waals surface area contributed by atoms with Crippen molar-refractivity contribution in [3.05, 3.63) is 22.8 Å². The van der Waals surface area contributed by atoms with E-state index in [1.165, 1.54) is 15.8 Å². The van der Waals surface area contributed by atoms with E-state index in [2.05, 4.69) is 42.4 Å². The molecule has 0 aromatic carbocycles. The highest BCUT2D eigenvalue weighted by Gasteiger charge is 2.27. The van der Waals surface area contributed by atoms with Gasteiger partial charge in [-0.25, -0.2) is 0 Å². The Morgan fingerprint density at radius 1 is 1.25 bits per heavy atom. The van der Waals surface area contributed by atoms with Crippen LogP contribution in [-0.4, -0.2) is 10.2 Å². The maximum atomic E-state index is 4.45. The number of nitrogens with zero attached hydrogens (tertiary/aromatic N) is 2. The van der Waals surface area contributed by atoms with E-state index in [0.717, 1.165) is 18.5 Å². The molecule has 0 spiro atoms. The van der Waals surface area contributed by atoms with Crippen LogP contribution in [-0.2, 0) is 5.41 Å². The maximum Gasteiger partial charge on any atom is 0.0867 e. The molecule has 0 fully saturated rings. The number of aryl methyl sites for hydroxylation is 1. The van der Waals surface area contributed by atoms with Crippen molar-refractivity contribution in [1.29, 1.82) is 0 Å². The van der Waals surface area contributed by atoms with E-state index < -0.39 is 0 Å². The molecule has 0 radical (unpaired) electrons. The summed E-state index contributed by atoms with van der Waals surface area (Å²) in [6, 6.07) is 2.15. The third kappa shape index (κ3) is 1.63. The van der Waals surface area contributed by atoms with E-state index in [1.807, 2.05) is 6.92 Å². The summed E-state index contributed by atoms with van der Waals surface area (Å²) in [5.74, 6) is 0. The van der Waals surface area contributed by atoms with Crippen LogP contribution in [0, 0.1) is 6.92 Å². The average molecular weight is 234 g/mol. The molecule has 86 valence electrons. The van der Waals surface area contributed by atoms with Gasteiger partial charge in [0.1, 0.15) is 0 Å². The molecule has 2 aromatic heterocycles. The molecule has 0 aliphatic heterocycles. The summed E-state index contributed by atoms with van der Waals surface area (Å²) in [5.41, 5.74) is 2.37. The standard InChI is InChI=1S/C13H18N2S/c1-5-13(4,6-2)12-11-10(7-8-16-11)9(3)14-15-12/h7-8H,5-6H2,1-4H3. The summed E-state index contributed by atoms with van der Waals surface area (Å²) < 4.78 is 1.32. The fourth-order valence-corrected chi connectivity index (χ4v) is 3.06. The number of thiophene rings is 1. The summed E-state index contributed by atoms with van der Waals surface area (Å²) >= 11 is 1.78. The van der Waals surface area contributed by atoms with Gasteiger partial charge >= 0.3 is 0 Å². The molecule has 2 nitrogen and oxygen atoms in total. The van der Waals surface area contributed by atoms with Gasteiger partial charge in [-0.2, -0.15) is 10.2 Å². The minimum absolute atomic E-state index is 0.157. The second-order valence-corrected chi connectivity index (χ2v) is 5.48. The molecule has 3 heteroatoms. The van der Waals surface area contributed by atoms with Gasteiger partial charge in [-0.05, 0) is 31.2 Å². The Morgan fingerprint density at radius 2 is 1.94 bits per heavy atom. The van der Waals surface area contributed by atoms with Gasteiger partial charge in [0.15, 0.2) is 0 Å². The van der Waals surface area contributed by atoms with Gasteiger partial charge < -0.3 is 0 Å². The molecule has 0 N–H and O–H groups in total. The SMILES string of the molecule is CCC(C)(CC)c1nnc(C)c2ccsc12. The minimum atomic E-state index is 0.157. The summed E-state index contributed by atoms with van der Waals surface area (Å²) in [4.78, 5) is 0. The smallest absolute Gasteiger partial charge is 0.0867 e. The van der Waals surface area contributed by atoms with Gasteiger partial charge in [0, 0.05) is 10.8 Å². The lowest BCUT2D eigenvalue weighted by molar-refractivity contribution is 0.426. The van der Waals surface area contributed by atoms with Crippen LogP contribution < -0.4 is 0 Å². The van der Waals surface area contributed by atoms with Gasteiger partial charge in [0.25, 0.3) is 0 Å². The van der Waals surface area contributed by atoms with E-state index >= 15 is 0 Å². The quantitative estimate of drug-likeness (QED) is 0.799. The van der Waals surface area contributed by atoms with Crippen molar-refractivity contribution in [3.8, 4) is 0 Å². The molecule has 16 heavy (non-hydrogen) atoms. The highest BCUT2D eigenvalue weighted by molar-refractivity contribution is 7.17. The predicted octanol–water partition coefficient (Wildman–Crippen LogP) is 4.08. The van der Waals surface area contributed by atoms with Crippen molar-refractivity contribution in [2.75, 3.05) is 0 Å². The van der Waals surface area contributed by atoms with Gasteiger partial charge in [0.2, 0.25) is 0 Å². The Bertz CT molecular complexity index is 498. The summed E-state index contributed by atoms with van der Waals surface area (Å²) in [6.07, 6.45) is 2.21. The van der Waals surface area contributed by atoms with Crippen molar-refractivity contribution in [3.63, 3.8) is 0 Å². The molecule has 0 aliphatic rings. The minimum Gasteiger partial charge on any atom is -0.155 e. The van der Waals surface area contributed by atoms with E-state index in [0.29, 0.717) is 0 Å². The number of rotatable bonds is 3. The molecule has 2 aromatic rings. The van der Waals surface area contributed by atoms with Crippen LogP contribution >= 0.6 is 11.3 Å². The first-order valence-electron chi connectivity index (χ1n) is 5.83. The molecular formula is C13H18N2S. The first kappa shape index (κ1) is 11.5. The van der Waals surface area contributed by atoms with Crippen LogP contribution in [0.25, 0.3) is 10.1 Å². The zero-order valence-corrected chi connectivity index (χ0v) is 11.2. The average Bonchev–Trinajstić information content (AvgIpc) is 2.78. The third-order valence-electron chi connectivity index (χ3n) is 3.70. The number of aromatic nitrogens is 2. The summed E-state index contributed by atoms with van der Waals surface area (Å²) in [6.45, 7) is 8.77. The largest absolute Gasteiger partial charge is 0.155 e. The fourth-order valence-electron chi connectivity index (χ4n) is 1.98. The molecule has 2 heterocycles. The Balaban J connectivity index is 2.69. The second-order valence-electron chi connectivity index (χ2n) is 4.57. The molecular weight excluding hydrogens is 216 g/mol. The van der Waals surface area contributed by atoms with Crippen molar-refractivity contribution < 1.29 is 0 Å². The predicted molar refractivity (Wildman–Crippen MR) is 70.1 cm³/mol. The summed E-state index contributed by atoms with van der Waals surface area (Å²) in [7, 11) is 0. The van der Waals surface area contributed by atoms with Crippen LogP contribution in [0.15, 0.2) is 11.4 Å². The van der Waals surface area contributed by atoms with Gasteiger partial charge in [0.05, 0.1) is 16.1 Å². The maximum absolute atomic E-state index is 4.45. The fraction of sp³-hybridized carbons (Fsp3) is 0.538. The number of hydrogen-bond donors (Lipinski definition) is 0. The highest BCUT2D eigenvalue weighted by atomic mass is 32.1. The molecule has 0 aliphatic carbocycles. The molecule has 0 unspecified atom stereocenters. The monoisotopic (exact) mass is 234 g/mol. The lowest BCUT2D eigenvalue weighted by Gasteiger charge is -2.26. The van der Waals surface area contributed by atoms with Crippen LogP contribution in [0.5, 0.6) is 0 Å². The van der Waals surface area contributed by atoms with Gasteiger partial charge in [-0.3, -0.25) is 0 Å². The molecule has 0 saturated heterocycles. The number of fused-ring (bicyclic) bond motifs is 1.